The maximum atomic E-state index is 13.9. The minimum atomic E-state index is -0.874. The predicted octanol–water partition coefficient (Wildman–Crippen LogP) is 4.46. The van der Waals surface area contributed by atoms with Gasteiger partial charge in [-0.1, -0.05) is 6.92 Å². The molecule has 0 aliphatic carbocycles. The van der Waals surface area contributed by atoms with Crippen LogP contribution in [0, 0.1) is 13.8 Å². The second-order valence-corrected chi connectivity index (χ2v) is 9.90. The largest absolute Gasteiger partial charge is 0.508 e. The van der Waals surface area contributed by atoms with Crippen molar-refractivity contribution >= 4 is 45.6 Å². The van der Waals surface area contributed by atoms with Crippen LogP contribution in [0.25, 0.3) is 21.8 Å². The number of rotatable bonds is 7. The smallest absolute Gasteiger partial charge is 0.363 e. The average molecular weight is 558 g/mol. The molecule has 0 saturated carbocycles. The van der Waals surface area contributed by atoms with Crippen molar-refractivity contribution in [2.24, 2.45) is 0 Å². The summed E-state index contributed by atoms with van der Waals surface area (Å²) in [5.41, 5.74) is 2.84. The summed E-state index contributed by atoms with van der Waals surface area (Å²) in [6, 6.07) is 13.3. The van der Waals surface area contributed by atoms with Gasteiger partial charge in [0.05, 0.1) is 29.0 Å². The van der Waals surface area contributed by atoms with Crippen LogP contribution < -0.4 is 14.0 Å². The highest BCUT2D eigenvalue weighted by atomic mass is 16.7. The lowest BCUT2D eigenvalue weighted by molar-refractivity contribution is -0.645. The number of imide groups is 1. The number of hydrogen-bond acceptors (Lipinski definition) is 8. The number of phenolic OH excluding ortho intramolecular Hbond substituents is 1. The van der Waals surface area contributed by atoms with E-state index in [9.17, 15) is 24.3 Å². The van der Waals surface area contributed by atoms with E-state index in [1.54, 1.807) is 39.2 Å². The van der Waals surface area contributed by atoms with Gasteiger partial charge in [0.25, 0.3) is 11.8 Å². The topological polar surface area (TPSA) is 123 Å². The van der Waals surface area contributed by atoms with E-state index in [4.69, 9.17) is 14.3 Å². The summed E-state index contributed by atoms with van der Waals surface area (Å²) in [5.74, 6) is -1.88. The molecule has 10 nitrogen and oxygen atoms in total. The number of aryl methyl sites for hydroxylation is 3. The first-order valence-corrected chi connectivity index (χ1v) is 13.2. The molecule has 1 aliphatic heterocycles. The van der Waals surface area contributed by atoms with Crippen LogP contribution >= 0.6 is 0 Å². The van der Waals surface area contributed by atoms with Crippen LogP contribution in [0.5, 0.6) is 17.2 Å². The number of amides is 2. The van der Waals surface area contributed by atoms with E-state index in [2.05, 4.69) is 11.5 Å². The van der Waals surface area contributed by atoms with E-state index in [0.29, 0.717) is 39.3 Å². The Morgan fingerprint density at radius 1 is 0.902 bits per heavy atom. The molecule has 1 N–H and O–H groups in total. The van der Waals surface area contributed by atoms with E-state index in [1.807, 2.05) is 12.1 Å². The number of aromatic hydroxyl groups is 1. The highest BCUT2D eigenvalue weighted by Crippen LogP contribution is 2.33. The monoisotopic (exact) mass is 557 g/mol. The van der Waals surface area contributed by atoms with E-state index in [-0.39, 0.29) is 35.5 Å². The molecule has 210 valence electrons. The molecule has 0 spiro atoms. The summed E-state index contributed by atoms with van der Waals surface area (Å²) >= 11 is 0. The number of methoxy groups -OCH3 is 1. The lowest BCUT2D eigenvalue weighted by atomic mass is 10.0. The fourth-order valence-electron chi connectivity index (χ4n) is 5.16. The Hall–Kier alpha value is -4.99. The van der Waals surface area contributed by atoms with Gasteiger partial charge in [-0.2, -0.15) is 4.57 Å². The Bertz CT molecular complexity index is 1720. The molecule has 2 heterocycles. The Kier molecular flexibility index (Phi) is 7.32. The number of aromatic nitrogens is 1. The number of esters is 1. The second kappa shape index (κ2) is 10.9. The van der Waals surface area contributed by atoms with Gasteiger partial charge >= 0.3 is 11.9 Å². The van der Waals surface area contributed by atoms with Crippen LogP contribution in [0.4, 0.5) is 0 Å². The van der Waals surface area contributed by atoms with Crippen molar-refractivity contribution in [2.45, 2.75) is 46.6 Å². The molecule has 41 heavy (non-hydrogen) atoms. The summed E-state index contributed by atoms with van der Waals surface area (Å²) < 4.78 is 13.5. The number of nitrogens with zero attached hydrogens (tertiary/aromatic N) is 2. The lowest BCUT2D eigenvalue weighted by Gasteiger charge is -2.16. The number of hydroxylamine groups is 2. The number of carbonyl (C=O) groups is 4. The highest BCUT2D eigenvalue weighted by molar-refractivity contribution is 6.14. The first kappa shape index (κ1) is 27.6. The van der Waals surface area contributed by atoms with Crippen LogP contribution in [-0.2, 0) is 21.0 Å². The van der Waals surface area contributed by atoms with Crippen LogP contribution in [0.1, 0.15) is 58.0 Å². The average Bonchev–Trinajstić information content (AvgIpc) is 3.26. The predicted molar refractivity (Wildman–Crippen MR) is 148 cm³/mol. The van der Waals surface area contributed by atoms with Crippen molar-refractivity contribution < 1.29 is 43.2 Å². The minimum Gasteiger partial charge on any atom is -0.508 e. The number of benzene rings is 3. The van der Waals surface area contributed by atoms with Crippen LogP contribution in [0.2, 0.25) is 0 Å². The maximum absolute atomic E-state index is 13.9. The summed E-state index contributed by atoms with van der Waals surface area (Å²) in [6.45, 7) is 6.08. The molecule has 3 aromatic carbocycles. The van der Waals surface area contributed by atoms with Gasteiger partial charge in [0, 0.05) is 31.4 Å². The molecule has 10 heteroatoms. The van der Waals surface area contributed by atoms with Gasteiger partial charge in [0.15, 0.2) is 0 Å². The van der Waals surface area contributed by atoms with Gasteiger partial charge in [-0.15, -0.1) is 5.06 Å². The fraction of sp³-hybridized carbons (Fsp3) is 0.258. The minimum absolute atomic E-state index is 0.00189. The number of fused-ring (bicyclic) bond motifs is 2. The van der Waals surface area contributed by atoms with Crippen molar-refractivity contribution in [3.8, 4) is 17.2 Å². The standard InChI is InChI=1S/C31H28N2O8/c1-5-12-32-24-8-6-20(34)15-22(24)28(23-16-21(39-4)7-9-25(23)32)31(38)40-29-17(2)13-19(14-18(29)3)30(37)41-33-26(35)10-11-27(33)36/h6-9,13-16H,5,10-12H2,1-4H3/p+1. The van der Waals surface area contributed by atoms with Crippen molar-refractivity contribution in [3.05, 3.63) is 70.8 Å². The van der Waals surface area contributed by atoms with Crippen LogP contribution in [0.15, 0.2) is 48.5 Å². The number of ether oxygens (including phenoxy) is 2. The van der Waals surface area contributed by atoms with Crippen molar-refractivity contribution in [3.63, 3.8) is 0 Å². The zero-order valence-corrected chi connectivity index (χ0v) is 23.1. The molecule has 1 saturated heterocycles. The van der Waals surface area contributed by atoms with Gasteiger partial charge in [-0.3, -0.25) is 9.59 Å². The summed E-state index contributed by atoms with van der Waals surface area (Å²) in [7, 11) is 1.54. The van der Waals surface area contributed by atoms with Crippen molar-refractivity contribution in [1.82, 2.24) is 5.06 Å². The fourth-order valence-corrected chi connectivity index (χ4v) is 5.16. The molecule has 0 radical (unpaired) electrons. The second-order valence-electron chi connectivity index (χ2n) is 9.90. The number of hydrogen-bond donors (Lipinski definition) is 1. The summed E-state index contributed by atoms with van der Waals surface area (Å²) in [6.07, 6.45) is 0.826. The summed E-state index contributed by atoms with van der Waals surface area (Å²) in [5, 5.41) is 11.9. The molecule has 0 unspecified atom stereocenters. The first-order chi connectivity index (χ1) is 19.6. The maximum Gasteiger partial charge on any atom is 0.363 e. The first-order valence-electron chi connectivity index (χ1n) is 13.2. The Morgan fingerprint density at radius 2 is 1.51 bits per heavy atom. The van der Waals surface area contributed by atoms with E-state index in [0.717, 1.165) is 17.5 Å². The molecule has 2 amide bonds. The molecule has 4 aromatic rings. The third kappa shape index (κ3) is 5.04. The third-order valence-electron chi connectivity index (χ3n) is 7.03. The summed E-state index contributed by atoms with van der Waals surface area (Å²) in [4.78, 5) is 55.4. The SMILES string of the molecule is CCC[n+]1c2ccc(O)cc2c(C(=O)Oc2c(C)cc(C(=O)ON3C(=O)CCC3=O)cc2C)c2cc(OC)ccc21. The van der Waals surface area contributed by atoms with Gasteiger partial charge in [0.2, 0.25) is 11.0 Å². The van der Waals surface area contributed by atoms with Crippen molar-refractivity contribution in [1.29, 1.82) is 0 Å². The molecule has 5 rings (SSSR count). The van der Waals surface area contributed by atoms with Gasteiger partial charge in [-0.25, -0.2) is 9.59 Å². The van der Waals surface area contributed by atoms with E-state index >= 15 is 0 Å². The van der Waals surface area contributed by atoms with Crippen LogP contribution in [-0.4, -0.2) is 41.0 Å². The molecular formula is C31H29N2O8+. The highest BCUT2D eigenvalue weighted by Gasteiger charge is 2.33. The lowest BCUT2D eigenvalue weighted by Crippen LogP contribution is -2.36. The number of phenols is 1. The molecule has 0 bridgehead atoms. The van der Waals surface area contributed by atoms with Gasteiger partial charge in [-0.05, 0) is 61.4 Å². The molecular weight excluding hydrogens is 528 g/mol. The van der Waals surface area contributed by atoms with Crippen molar-refractivity contribution in [2.75, 3.05) is 7.11 Å². The normalized spacial score (nSPS) is 13.2. The van der Waals surface area contributed by atoms with Gasteiger partial charge in [0.1, 0.15) is 23.8 Å². The van der Waals surface area contributed by atoms with Crippen LogP contribution in [0.3, 0.4) is 0 Å². The Labute approximate surface area is 235 Å². The Morgan fingerprint density at radius 3 is 2.12 bits per heavy atom. The van der Waals surface area contributed by atoms with E-state index in [1.165, 1.54) is 18.2 Å². The molecule has 1 aliphatic rings. The Balaban J connectivity index is 1.57. The quantitative estimate of drug-likeness (QED) is 0.116. The zero-order valence-electron chi connectivity index (χ0n) is 23.1. The number of carbonyl (C=O) groups excluding carboxylic acids is 4. The molecule has 1 aromatic heterocycles. The molecule has 1 fully saturated rings. The van der Waals surface area contributed by atoms with Gasteiger partial charge < -0.3 is 19.4 Å². The number of pyridine rings is 1. The molecule has 0 atom stereocenters. The third-order valence-corrected chi connectivity index (χ3v) is 7.03. The van der Waals surface area contributed by atoms with E-state index < -0.39 is 23.8 Å². The zero-order chi connectivity index (χ0) is 29.4.